The van der Waals surface area contributed by atoms with E-state index in [1.165, 1.54) is 0 Å². The van der Waals surface area contributed by atoms with Gasteiger partial charge in [0.1, 0.15) is 0 Å². The Hall–Kier alpha value is -2.66. The van der Waals surface area contributed by atoms with E-state index in [1.54, 1.807) is 11.3 Å². The number of nitrogens with one attached hydrogen (secondary N) is 2. The van der Waals surface area contributed by atoms with Crippen LogP contribution in [0.3, 0.4) is 0 Å². The van der Waals surface area contributed by atoms with E-state index >= 15 is 0 Å². The van der Waals surface area contributed by atoms with Crippen molar-refractivity contribution >= 4 is 33.8 Å². The summed E-state index contributed by atoms with van der Waals surface area (Å²) in [6.07, 6.45) is 0.475. The van der Waals surface area contributed by atoms with Gasteiger partial charge in [-0.3, -0.25) is 4.79 Å². The lowest BCUT2D eigenvalue weighted by Crippen LogP contribution is -2.08. The molecule has 0 aliphatic rings. The monoisotopic (exact) mass is 323 g/mol. The maximum Gasteiger partial charge on any atom is 0.224 e. The minimum Gasteiger partial charge on any atom is -0.332 e. The average Bonchev–Trinajstić information content (AvgIpc) is 3.05. The van der Waals surface area contributed by atoms with Gasteiger partial charge in [-0.05, 0) is 24.3 Å². The molecule has 23 heavy (non-hydrogen) atoms. The summed E-state index contributed by atoms with van der Waals surface area (Å²) in [7, 11) is 0. The summed E-state index contributed by atoms with van der Waals surface area (Å²) < 4.78 is 0. The van der Waals surface area contributed by atoms with Crippen LogP contribution in [0.5, 0.6) is 0 Å². The van der Waals surface area contributed by atoms with Crippen molar-refractivity contribution in [2.75, 3.05) is 10.6 Å². The van der Waals surface area contributed by atoms with E-state index in [1.807, 2.05) is 66.9 Å². The number of para-hydroxylation sites is 1. The number of benzene rings is 2. The van der Waals surface area contributed by atoms with Crippen molar-refractivity contribution in [3.8, 4) is 11.3 Å². The molecule has 0 saturated carbocycles. The molecule has 2 N–H and O–H groups in total. The third-order valence-electron chi connectivity index (χ3n) is 3.31. The Morgan fingerprint density at radius 2 is 1.78 bits per heavy atom. The third-order valence-corrected chi connectivity index (χ3v) is 4.07. The fourth-order valence-corrected chi connectivity index (χ4v) is 2.82. The Kier molecular flexibility index (Phi) is 4.68. The first-order chi connectivity index (χ1) is 11.2. The van der Waals surface area contributed by atoms with Gasteiger partial charge in [0.2, 0.25) is 5.91 Å². The van der Waals surface area contributed by atoms with Crippen molar-refractivity contribution in [3.05, 3.63) is 60.0 Å². The zero-order valence-electron chi connectivity index (χ0n) is 12.7. The molecule has 0 fully saturated rings. The molecule has 1 amide bonds. The number of carbonyl (C=O) groups is 1. The molecular weight excluding hydrogens is 306 g/mol. The van der Waals surface area contributed by atoms with Crippen LogP contribution in [0, 0.1) is 0 Å². The van der Waals surface area contributed by atoms with Crippen LogP contribution >= 0.6 is 11.3 Å². The molecule has 3 aromatic rings. The Bertz CT molecular complexity index is 782. The first kappa shape index (κ1) is 15.2. The third kappa shape index (κ3) is 3.96. The minimum atomic E-state index is 0.0146. The molecule has 3 rings (SSSR count). The van der Waals surface area contributed by atoms with Crippen LogP contribution in [-0.4, -0.2) is 10.9 Å². The van der Waals surface area contributed by atoms with Gasteiger partial charge in [0.05, 0.1) is 5.69 Å². The Morgan fingerprint density at radius 1 is 1.04 bits per heavy atom. The van der Waals surface area contributed by atoms with E-state index < -0.39 is 0 Å². The van der Waals surface area contributed by atoms with Gasteiger partial charge in [0, 0.05) is 28.7 Å². The molecule has 0 atom stereocenters. The number of aromatic nitrogens is 1. The average molecular weight is 323 g/mol. The predicted octanol–water partition coefficient (Wildman–Crippen LogP) is 4.90. The number of carbonyl (C=O) groups excluding carboxylic acids is 1. The quantitative estimate of drug-likeness (QED) is 0.702. The molecule has 0 aliphatic carbocycles. The highest BCUT2D eigenvalue weighted by molar-refractivity contribution is 7.14. The van der Waals surface area contributed by atoms with Gasteiger partial charge in [-0.2, -0.15) is 0 Å². The van der Waals surface area contributed by atoms with Crippen molar-refractivity contribution in [2.24, 2.45) is 0 Å². The van der Waals surface area contributed by atoms with Crippen LogP contribution in [0.2, 0.25) is 0 Å². The molecule has 1 heterocycles. The summed E-state index contributed by atoms with van der Waals surface area (Å²) in [5.41, 5.74) is 3.77. The van der Waals surface area contributed by atoms with Gasteiger partial charge >= 0.3 is 0 Å². The van der Waals surface area contributed by atoms with Crippen LogP contribution in [0.15, 0.2) is 60.0 Å². The minimum absolute atomic E-state index is 0.0146. The van der Waals surface area contributed by atoms with Gasteiger partial charge in [-0.15, -0.1) is 11.3 Å². The van der Waals surface area contributed by atoms with Crippen molar-refractivity contribution in [2.45, 2.75) is 13.3 Å². The zero-order chi connectivity index (χ0) is 16.1. The lowest BCUT2D eigenvalue weighted by molar-refractivity contribution is -0.115. The second kappa shape index (κ2) is 7.07. The summed E-state index contributed by atoms with van der Waals surface area (Å²) in [4.78, 5) is 16.0. The van der Waals surface area contributed by atoms with Crippen LogP contribution in [-0.2, 0) is 4.79 Å². The van der Waals surface area contributed by atoms with Gasteiger partial charge in [0.15, 0.2) is 5.13 Å². The van der Waals surface area contributed by atoms with Crippen molar-refractivity contribution in [3.63, 3.8) is 0 Å². The van der Waals surface area contributed by atoms with E-state index in [4.69, 9.17) is 0 Å². The van der Waals surface area contributed by atoms with E-state index in [2.05, 4.69) is 15.6 Å². The fraction of sp³-hybridized carbons (Fsp3) is 0.111. The molecule has 0 bridgehead atoms. The molecule has 5 heteroatoms. The van der Waals surface area contributed by atoms with Crippen LogP contribution in [0.1, 0.15) is 13.3 Å². The first-order valence-corrected chi connectivity index (χ1v) is 8.30. The molecule has 0 aliphatic heterocycles. The maximum atomic E-state index is 11.4. The topological polar surface area (TPSA) is 54.0 Å². The second-order valence-electron chi connectivity index (χ2n) is 5.01. The highest BCUT2D eigenvalue weighted by Gasteiger charge is 2.06. The number of anilines is 3. The highest BCUT2D eigenvalue weighted by Crippen LogP contribution is 2.27. The number of rotatable bonds is 5. The fourth-order valence-electron chi connectivity index (χ4n) is 2.08. The predicted molar refractivity (Wildman–Crippen MR) is 96.2 cm³/mol. The van der Waals surface area contributed by atoms with Crippen molar-refractivity contribution in [1.29, 1.82) is 0 Å². The zero-order valence-corrected chi connectivity index (χ0v) is 13.6. The molecule has 0 spiro atoms. The van der Waals surface area contributed by atoms with E-state index in [9.17, 15) is 4.79 Å². The molecule has 116 valence electrons. The van der Waals surface area contributed by atoms with Crippen molar-refractivity contribution in [1.82, 2.24) is 4.98 Å². The molecule has 4 nitrogen and oxygen atoms in total. The first-order valence-electron chi connectivity index (χ1n) is 7.42. The maximum absolute atomic E-state index is 11.4. The summed E-state index contributed by atoms with van der Waals surface area (Å²) in [6.45, 7) is 1.83. The molecule has 0 unspecified atom stereocenters. The van der Waals surface area contributed by atoms with E-state index in [0.717, 1.165) is 27.8 Å². The van der Waals surface area contributed by atoms with Gasteiger partial charge in [0.25, 0.3) is 0 Å². The summed E-state index contributed by atoms with van der Waals surface area (Å²) in [6, 6.07) is 17.7. The van der Waals surface area contributed by atoms with Gasteiger partial charge in [-0.25, -0.2) is 4.98 Å². The molecule has 0 radical (unpaired) electrons. The summed E-state index contributed by atoms with van der Waals surface area (Å²) in [5.74, 6) is 0.0146. The number of hydrogen-bond acceptors (Lipinski definition) is 4. The molecule has 0 saturated heterocycles. The van der Waals surface area contributed by atoms with E-state index in [0.29, 0.717) is 6.42 Å². The summed E-state index contributed by atoms with van der Waals surface area (Å²) in [5, 5.41) is 9.00. The molecule has 1 aromatic heterocycles. The lowest BCUT2D eigenvalue weighted by atomic mass is 10.1. The second-order valence-corrected chi connectivity index (χ2v) is 5.87. The largest absolute Gasteiger partial charge is 0.332 e. The SMILES string of the molecule is CCC(=O)Nc1ccc(-c2csc(Nc3ccccc3)n2)cc1. The van der Waals surface area contributed by atoms with Crippen LogP contribution in [0.25, 0.3) is 11.3 Å². The van der Waals surface area contributed by atoms with E-state index in [-0.39, 0.29) is 5.91 Å². The Labute approximate surface area is 139 Å². The van der Waals surface area contributed by atoms with Crippen LogP contribution in [0.4, 0.5) is 16.5 Å². The smallest absolute Gasteiger partial charge is 0.224 e. The molecule has 2 aromatic carbocycles. The lowest BCUT2D eigenvalue weighted by Gasteiger charge is -2.04. The normalized spacial score (nSPS) is 10.3. The Balaban J connectivity index is 1.71. The Morgan fingerprint density at radius 3 is 2.48 bits per heavy atom. The number of thiazole rings is 1. The highest BCUT2D eigenvalue weighted by atomic mass is 32.1. The number of hydrogen-bond donors (Lipinski definition) is 2. The van der Waals surface area contributed by atoms with Crippen molar-refractivity contribution < 1.29 is 4.79 Å². The van der Waals surface area contributed by atoms with Gasteiger partial charge in [-0.1, -0.05) is 37.3 Å². The van der Waals surface area contributed by atoms with Crippen LogP contribution < -0.4 is 10.6 Å². The van der Waals surface area contributed by atoms with Gasteiger partial charge < -0.3 is 10.6 Å². The molecular formula is C18H17N3OS. The number of amides is 1. The summed E-state index contributed by atoms with van der Waals surface area (Å²) >= 11 is 1.57. The number of nitrogens with zero attached hydrogens (tertiary/aromatic N) is 1. The standard InChI is InChI=1S/C18H17N3OS/c1-2-17(22)19-15-10-8-13(9-11-15)16-12-23-18(21-16)20-14-6-4-3-5-7-14/h3-12H,2H2,1H3,(H,19,22)(H,20,21).